The highest BCUT2D eigenvalue weighted by Gasteiger charge is 2.33. The number of benzene rings is 1. The summed E-state index contributed by atoms with van der Waals surface area (Å²) in [7, 11) is 0. The first kappa shape index (κ1) is 22.1. The van der Waals surface area contributed by atoms with Gasteiger partial charge in [-0.15, -0.1) is 0 Å². The van der Waals surface area contributed by atoms with Crippen LogP contribution >= 0.6 is 0 Å². The van der Waals surface area contributed by atoms with Gasteiger partial charge in [0.1, 0.15) is 22.7 Å². The van der Waals surface area contributed by atoms with Crippen LogP contribution in [0.2, 0.25) is 0 Å². The van der Waals surface area contributed by atoms with E-state index in [1.54, 1.807) is 18.3 Å². The quantitative estimate of drug-likeness (QED) is 0.623. The van der Waals surface area contributed by atoms with Gasteiger partial charge in [-0.1, -0.05) is 19.3 Å². The molecule has 0 saturated heterocycles. The van der Waals surface area contributed by atoms with Gasteiger partial charge in [0.05, 0.1) is 12.7 Å². The highest BCUT2D eigenvalue weighted by atomic mass is 16.5. The number of aromatic nitrogens is 1. The van der Waals surface area contributed by atoms with Crippen LogP contribution in [0.3, 0.4) is 0 Å². The maximum absolute atomic E-state index is 12.6. The van der Waals surface area contributed by atoms with Gasteiger partial charge in [0.15, 0.2) is 6.61 Å². The molecule has 1 aromatic heterocycles. The molecule has 3 rings (SSSR count). The second-order valence-electron chi connectivity index (χ2n) is 7.36. The van der Waals surface area contributed by atoms with Gasteiger partial charge >= 0.3 is 5.97 Å². The fourth-order valence-corrected chi connectivity index (χ4v) is 3.54. The van der Waals surface area contributed by atoms with E-state index in [4.69, 9.17) is 9.47 Å². The Hall–Kier alpha value is -3.60. The minimum absolute atomic E-state index is 0.205. The molecule has 162 valence electrons. The molecule has 0 unspecified atom stereocenters. The molecule has 0 aliphatic heterocycles. The third-order valence-corrected chi connectivity index (χ3v) is 5.09. The fourth-order valence-electron chi connectivity index (χ4n) is 3.54. The molecular formula is C23H26N4O4. The van der Waals surface area contributed by atoms with Crippen molar-refractivity contribution in [2.75, 3.05) is 18.5 Å². The molecule has 2 aromatic rings. The maximum atomic E-state index is 12.6. The van der Waals surface area contributed by atoms with Gasteiger partial charge in [-0.3, -0.25) is 4.79 Å². The average Bonchev–Trinajstić information content (AvgIpc) is 2.80. The van der Waals surface area contributed by atoms with Crippen molar-refractivity contribution in [3.05, 3.63) is 48.2 Å². The molecule has 1 aromatic carbocycles. The number of carbonyl (C=O) groups excluding carboxylic acids is 2. The van der Waals surface area contributed by atoms with E-state index in [0.717, 1.165) is 30.7 Å². The lowest BCUT2D eigenvalue weighted by molar-refractivity contribution is -0.125. The van der Waals surface area contributed by atoms with Crippen molar-refractivity contribution in [2.24, 2.45) is 0 Å². The predicted octanol–water partition coefficient (Wildman–Crippen LogP) is 3.72. The predicted molar refractivity (Wildman–Crippen MR) is 115 cm³/mol. The van der Waals surface area contributed by atoms with Gasteiger partial charge in [-0.2, -0.15) is 5.26 Å². The molecule has 0 spiro atoms. The highest BCUT2D eigenvalue weighted by molar-refractivity contribution is 5.96. The molecule has 1 saturated carbocycles. The van der Waals surface area contributed by atoms with Gasteiger partial charge in [0.25, 0.3) is 5.91 Å². The molecule has 0 bridgehead atoms. The molecule has 8 heteroatoms. The maximum Gasteiger partial charge on any atom is 0.342 e. The molecule has 0 atom stereocenters. The standard InChI is InChI=1S/C23H26N4O4/c1-2-30-18-10-8-17(9-11-18)26-21-19(7-6-14-25-21)22(29)31-15-20(28)27-23(16-24)12-4-3-5-13-23/h6-11,14H,2-5,12-13,15H2,1H3,(H,25,26)(H,27,28). The average molecular weight is 422 g/mol. The number of nitrogens with one attached hydrogen (secondary N) is 2. The van der Waals surface area contributed by atoms with Crippen LogP contribution in [0.25, 0.3) is 0 Å². The van der Waals surface area contributed by atoms with Crippen LogP contribution < -0.4 is 15.4 Å². The fraction of sp³-hybridized carbons (Fsp3) is 0.391. The number of hydrogen-bond donors (Lipinski definition) is 2. The summed E-state index contributed by atoms with van der Waals surface area (Å²) in [5.41, 5.74) is 0.0650. The summed E-state index contributed by atoms with van der Waals surface area (Å²) in [4.78, 5) is 29.1. The molecule has 1 amide bonds. The van der Waals surface area contributed by atoms with Gasteiger partial charge < -0.3 is 20.1 Å². The number of nitriles is 1. The van der Waals surface area contributed by atoms with E-state index >= 15 is 0 Å². The summed E-state index contributed by atoms with van der Waals surface area (Å²) >= 11 is 0. The van der Waals surface area contributed by atoms with Crippen molar-refractivity contribution in [2.45, 2.75) is 44.6 Å². The lowest BCUT2D eigenvalue weighted by Crippen LogP contribution is -2.50. The number of esters is 1. The van der Waals surface area contributed by atoms with Crippen molar-refractivity contribution in [1.29, 1.82) is 5.26 Å². The first-order chi connectivity index (χ1) is 15.0. The third kappa shape index (κ3) is 5.95. The molecule has 2 N–H and O–H groups in total. The Kier molecular flexibility index (Phi) is 7.44. The van der Waals surface area contributed by atoms with Crippen LogP contribution in [-0.2, 0) is 9.53 Å². The van der Waals surface area contributed by atoms with Crippen molar-refractivity contribution in [1.82, 2.24) is 10.3 Å². The number of rotatable bonds is 8. The van der Waals surface area contributed by atoms with Crippen molar-refractivity contribution < 1.29 is 19.1 Å². The lowest BCUT2D eigenvalue weighted by Gasteiger charge is -2.31. The van der Waals surface area contributed by atoms with Crippen molar-refractivity contribution in [3.8, 4) is 11.8 Å². The first-order valence-corrected chi connectivity index (χ1v) is 10.4. The Morgan fingerprint density at radius 2 is 1.90 bits per heavy atom. The van der Waals surface area contributed by atoms with E-state index in [1.807, 2.05) is 31.2 Å². The summed E-state index contributed by atoms with van der Waals surface area (Å²) in [6, 6.07) is 12.7. The minimum atomic E-state index is -0.865. The summed E-state index contributed by atoms with van der Waals surface area (Å²) in [5, 5.41) is 15.3. The third-order valence-electron chi connectivity index (χ3n) is 5.09. The lowest BCUT2D eigenvalue weighted by atomic mass is 9.83. The van der Waals surface area contributed by atoms with Crippen LogP contribution in [0.5, 0.6) is 5.75 Å². The van der Waals surface area contributed by atoms with Crippen LogP contribution in [0.1, 0.15) is 49.4 Å². The number of pyridine rings is 1. The topological polar surface area (TPSA) is 113 Å². The number of hydrogen-bond acceptors (Lipinski definition) is 7. The second kappa shape index (κ2) is 10.4. The highest BCUT2D eigenvalue weighted by Crippen LogP contribution is 2.27. The number of carbonyl (C=O) groups is 2. The Labute approximate surface area is 181 Å². The summed E-state index contributed by atoms with van der Waals surface area (Å²) in [6.45, 7) is 2.03. The number of nitrogens with zero attached hydrogens (tertiary/aromatic N) is 2. The molecule has 1 aliphatic rings. The molecule has 1 aliphatic carbocycles. The van der Waals surface area contributed by atoms with Gasteiger partial charge in [-0.25, -0.2) is 9.78 Å². The Morgan fingerprint density at radius 1 is 1.16 bits per heavy atom. The Balaban J connectivity index is 1.60. The smallest absolute Gasteiger partial charge is 0.342 e. The largest absolute Gasteiger partial charge is 0.494 e. The molecule has 1 fully saturated rings. The van der Waals surface area contributed by atoms with Crippen molar-refractivity contribution in [3.63, 3.8) is 0 Å². The zero-order chi connectivity index (χ0) is 22.1. The molecule has 8 nitrogen and oxygen atoms in total. The SMILES string of the molecule is CCOc1ccc(Nc2ncccc2C(=O)OCC(=O)NC2(C#N)CCCCC2)cc1. The Bertz CT molecular complexity index is 947. The van der Waals surface area contributed by atoms with E-state index in [9.17, 15) is 14.9 Å². The van der Waals surface area contributed by atoms with Crippen LogP contribution in [-0.4, -0.2) is 35.6 Å². The number of amides is 1. The monoisotopic (exact) mass is 422 g/mol. The molecule has 0 radical (unpaired) electrons. The molecule has 1 heterocycles. The Morgan fingerprint density at radius 3 is 2.58 bits per heavy atom. The normalized spacial score (nSPS) is 14.7. The zero-order valence-corrected chi connectivity index (χ0v) is 17.5. The van der Waals surface area contributed by atoms with Gasteiger partial charge in [0, 0.05) is 11.9 Å². The van der Waals surface area contributed by atoms with E-state index in [-0.39, 0.29) is 5.56 Å². The summed E-state index contributed by atoms with van der Waals surface area (Å²) in [6.07, 6.45) is 5.62. The van der Waals surface area contributed by atoms with Gasteiger partial charge in [0.2, 0.25) is 0 Å². The van der Waals surface area contributed by atoms with Gasteiger partial charge in [-0.05, 0) is 56.2 Å². The van der Waals surface area contributed by atoms with E-state index in [2.05, 4.69) is 21.7 Å². The van der Waals surface area contributed by atoms with Crippen LogP contribution in [0.15, 0.2) is 42.6 Å². The van der Waals surface area contributed by atoms with E-state index < -0.39 is 24.0 Å². The number of anilines is 2. The summed E-state index contributed by atoms with van der Waals surface area (Å²) in [5.74, 6) is -0.0984. The zero-order valence-electron chi connectivity index (χ0n) is 17.5. The van der Waals surface area contributed by atoms with E-state index in [0.29, 0.717) is 25.3 Å². The second-order valence-corrected chi connectivity index (χ2v) is 7.36. The van der Waals surface area contributed by atoms with Crippen LogP contribution in [0.4, 0.5) is 11.5 Å². The molecule has 31 heavy (non-hydrogen) atoms. The molecular weight excluding hydrogens is 396 g/mol. The van der Waals surface area contributed by atoms with Crippen LogP contribution in [0, 0.1) is 11.3 Å². The minimum Gasteiger partial charge on any atom is -0.494 e. The summed E-state index contributed by atoms with van der Waals surface area (Å²) < 4.78 is 10.6. The van der Waals surface area contributed by atoms with E-state index in [1.165, 1.54) is 0 Å². The number of ether oxygens (including phenoxy) is 2. The first-order valence-electron chi connectivity index (χ1n) is 10.4. The van der Waals surface area contributed by atoms with Crippen molar-refractivity contribution >= 4 is 23.4 Å².